The van der Waals surface area contributed by atoms with E-state index in [1.54, 1.807) is 18.2 Å². The predicted molar refractivity (Wildman–Crippen MR) is 76.9 cm³/mol. The first-order valence-corrected chi connectivity index (χ1v) is 6.95. The third-order valence-corrected chi connectivity index (χ3v) is 3.53. The first-order valence-electron chi connectivity index (χ1n) is 6.15. The van der Waals surface area contributed by atoms with Gasteiger partial charge in [0.15, 0.2) is 0 Å². The van der Waals surface area contributed by atoms with Crippen LogP contribution in [0.2, 0.25) is 0 Å². The van der Waals surface area contributed by atoms with E-state index in [-0.39, 0.29) is 12.5 Å². The van der Waals surface area contributed by atoms with Crippen molar-refractivity contribution >= 4 is 33.2 Å². The second-order valence-corrected chi connectivity index (χ2v) is 5.39. The molecule has 0 saturated carbocycles. The summed E-state index contributed by atoms with van der Waals surface area (Å²) >= 11 is 3.35. The lowest BCUT2D eigenvalue weighted by atomic mass is 10.1. The highest BCUT2D eigenvalue weighted by Gasteiger charge is 2.16. The fourth-order valence-electron chi connectivity index (χ4n) is 1.85. The molecule has 1 atom stereocenters. The summed E-state index contributed by atoms with van der Waals surface area (Å²) in [5, 5.41) is 2.77. The average Bonchev–Trinajstić information content (AvgIpc) is 2.86. The van der Waals surface area contributed by atoms with Crippen molar-refractivity contribution in [2.24, 2.45) is 5.92 Å². The zero-order valence-corrected chi connectivity index (χ0v) is 12.1. The van der Waals surface area contributed by atoms with Crippen molar-refractivity contribution in [1.82, 2.24) is 0 Å². The number of amides is 1. The average molecular weight is 329 g/mol. The summed E-state index contributed by atoms with van der Waals surface area (Å²) in [6.45, 7) is 2.13. The zero-order chi connectivity index (χ0) is 13.7. The number of halogens is 1. The number of benzene rings is 1. The molecule has 5 nitrogen and oxygen atoms in total. The van der Waals surface area contributed by atoms with Crippen LogP contribution in [0.5, 0.6) is 0 Å². The van der Waals surface area contributed by atoms with Gasteiger partial charge in [-0.25, -0.2) is 0 Å². The number of carbonyl (C=O) groups is 1. The zero-order valence-electron chi connectivity index (χ0n) is 10.5. The Hall–Kier alpha value is -1.11. The number of nitrogens with two attached hydrogens (primary N) is 1. The van der Waals surface area contributed by atoms with E-state index >= 15 is 0 Å². The Bertz CT molecular complexity index is 448. The largest absolute Gasteiger partial charge is 0.399 e. The Morgan fingerprint density at radius 3 is 3.11 bits per heavy atom. The van der Waals surface area contributed by atoms with Crippen molar-refractivity contribution in [1.29, 1.82) is 0 Å². The van der Waals surface area contributed by atoms with E-state index < -0.39 is 0 Å². The number of hydrogen-bond donors (Lipinski definition) is 2. The lowest BCUT2D eigenvalue weighted by Gasteiger charge is -2.10. The first-order chi connectivity index (χ1) is 9.15. The molecule has 1 aliphatic heterocycles. The maximum Gasteiger partial charge on any atom is 0.250 e. The molecule has 2 rings (SSSR count). The molecule has 1 fully saturated rings. The molecule has 0 aromatic heterocycles. The Balaban J connectivity index is 1.74. The molecule has 1 saturated heterocycles. The van der Waals surface area contributed by atoms with Crippen molar-refractivity contribution in [2.75, 3.05) is 37.5 Å². The Morgan fingerprint density at radius 1 is 1.58 bits per heavy atom. The topological polar surface area (TPSA) is 73.6 Å². The molecular formula is C13H17BrN2O3. The molecule has 3 N–H and O–H groups in total. The van der Waals surface area contributed by atoms with Gasteiger partial charge in [-0.15, -0.1) is 0 Å². The van der Waals surface area contributed by atoms with Crippen molar-refractivity contribution in [3.8, 4) is 0 Å². The minimum Gasteiger partial charge on any atom is -0.399 e. The van der Waals surface area contributed by atoms with E-state index in [1.807, 2.05) is 0 Å². The van der Waals surface area contributed by atoms with Crippen LogP contribution in [-0.4, -0.2) is 32.3 Å². The molecule has 1 aliphatic rings. The minimum atomic E-state index is -0.176. The summed E-state index contributed by atoms with van der Waals surface area (Å²) in [7, 11) is 0. The number of anilines is 2. The highest BCUT2D eigenvalue weighted by atomic mass is 79.9. The standard InChI is InChI=1S/C13H17BrN2O3/c14-11-5-10(15)1-2-12(11)16-13(17)8-19-7-9-3-4-18-6-9/h1-2,5,9H,3-4,6-8,15H2,(H,16,17). The fraction of sp³-hybridized carbons (Fsp3) is 0.462. The van der Waals surface area contributed by atoms with Gasteiger partial charge in [0, 0.05) is 22.7 Å². The van der Waals surface area contributed by atoms with Gasteiger partial charge in [0.25, 0.3) is 0 Å². The van der Waals surface area contributed by atoms with Crippen molar-refractivity contribution in [3.05, 3.63) is 22.7 Å². The minimum absolute atomic E-state index is 0.0489. The van der Waals surface area contributed by atoms with Gasteiger partial charge in [0.05, 0.1) is 18.9 Å². The van der Waals surface area contributed by atoms with Gasteiger partial charge in [-0.2, -0.15) is 0 Å². The number of nitrogen functional groups attached to an aromatic ring is 1. The van der Waals surface area contributed by atoms with E-state index in [2.05, 4.69) is 21.2 Å². The smallest absolute Gasteiger partial charge is 0.250 e. The Labute approximate surface area is 120 Å². The molecule has 1 aromatic rings. The number of ether oxygens (including phenoxy) is 2. The first kappa shape index (κ1) is 14.3. The van der Waals surface area contributed by atoms with Crippen LogP contribution >= 0.6 is 15.9 Å². The van der Waals surface area contributed by atoms with Gasteiger partial charge in [0.1, 0.15) is 6.61 Å². The maximum absolute atomic E-state index is 11.7. The third-order valence-electron chi connectivity index (χ3n) is 2.88. The van der Waals surface area contributed by atoms with Crippen LogP contribution in [0.4, 0.5) is 11.4 Å². The normalized spacial score (nSPS) is 18.5. The van der Waals surface area contributed by atoms with Crippen molar-refractivity contribution < 1.29 is 14.3 Å². The number of hydrogen-bond acceptors (Lipinski definition) is 4. The number of nitrogens with one attached hydrogen (secondary N) is 1. The summed E-state index contributed by atoms with van der Waals surface area (Å²) in [6.07, 6.45) is 1.01. The van der Waals surface area contributed by atoms with E-state index in [9.17, 15) is 4.79 Å². The highest BCUT2D eigenvalue weighted by Crippen LogP contribution is 2.24. The third kappa shape index (κ3) is 4.49. The molecular weight excluding hydrogens is 312 g/mol. The summed E-state index contributed by atoms with van der Waals surface area (Å²) in [5.41, 5.74) is 6.96. The summed E-state index contributed by atoms with van der Waals surface area (Å²) in [5.74, 6) is 0.237. The Morgan fingerprint density at radius 2 is 2.42 bits per heavy atom. The Kier molecular flexibility index (Phi) is 5.18. The number of carbonyl (C=O) groups excluding carboxylic acids is 1. The lowest BCUT2D eigenvalue weighted by Crippen LogP contribution is -2.21. The molecule has 6 heteroatoms. The molecule has 1 unspecified atom stereocenters. The molecule has 0 aliphatic carbocycles. The maximum atomic E-state index is 11.7. The molecule has 1 amide bonds. The van der Waals surface area contributed by atoms with Crippen molar-refractivity contribution in [2.45, 2.75) is 6.42 Å². The molecule has 0 radical (unpaired) electrons. The van der Waals surface area contributed by atoms with E-state index in [1.165, 1.54) is 0 Å². The molecule has 0 spiro atoms. The lowest BCUT2D eigenvalue weighted by molar-refractivity contribution is -0.121. The van der Waals surface area contributed by atoms with Gasteiger partial charge in [-0.05, 0) is 40.5 Å². The van der Waals surface area contributed by atoms with Gasteiger partial charge >= 0.3 is 0 Å². The second-order valence-electron chi connectivity index (χ2n) is 4.53. The van der Waals surface area contributed by atoms with Crippen LogP contribution in [0.1, 0.15) is 6.42 Å². The molecule has 1 heterocycles. The van der Waals surface area contributed by atoms with Crippen LogP contribution in [0.25, 0.3) is 0 Å². The molecule has 19 heavy (non-hydrogen) atoms. The quantitative estimate of drug-likeness (QED) is 0.811. The van der Waals surface area contributed by atoms with Gasteiger partial charge in [-0.3, -0.25) is 4.79 Å². The number of rotatable bonds is 5. The predicted octanol–water partition coefficient (Wildman–Crippen LogP) is 2.02. The van der Waals surface area contributed by atoms with E-state index in [0.29, 0.717) is 23.9 Å². The van der Waals surface area contributed by atoms with E-state index in [4.69, 9.17) is 15.2 Å². The van der Waals surface area contributed by atoms with Crippen LogP contribution in [0.15, 0.2) is 22.7 Å². The van der Waals surface area contributed by atoms with E-state index in [0.717, 1.165) is 24.1 Å². The van der Waals surface area contributed by atoms with Crippen LogP contribution in [0.3, 0.4) is 0 Å². The SMILES string of the molecule is Nc1ccc(NC(=O)COCC2CCOC2)c(Br)c1. The van der Waals surface area contributed by atoms with Crippen LogP contribution in [0, 0.1) is 5.92 Å². The highest BCUT2D eigenvalue weighted by molar-refractivity contribution is 9.10. The van der Waals surface area contributed by atoms with Gasteiger partial charge in [0.2, 0.25) is 5.91 Å². The van der Waals surface area contributed by atoms with Crippen molar-refractivity contribution in [3.63, 3.8) is 0 Å². The monoisotopic (exact) mass is 328 g/mol. The van der Waals surface area contributed by atoms with Crippen LogP contribution in [-0.2, 0) is 14.3 Å². The molecule has 0 bridgehead atoms. The second kappa shape index (κ2) is 6.88. The fourth-order valence-corrected chi connectivity index (χ4v) is 2.35. The van der Waals surface area contributed by atoms with Gasteiger partial charge < -0.3 is 20.5 Å². The summed E-state index contributed by atoms with van der Waals surface area (Å²) < 4.78 is 11.4. The molecule has 104 valence electrons. The summed E-state index contributed by atoms with van der Waals surface area (Å²) in [4.78, 5) is 11.7. The van der Waals surface area contributed by atoms with Crippen LogP contribution < -0.4 is 11.1 Å². The summed E-state index contributed by atoms with van der Waals surface area (Å²) in [6, 6.07) is 5.23. The van der Waals surface area contributed by atoms with Gasteiger partial charge in [-0.1, -0.05) is 0 Å². The molecule has 1 aromatic carbocycles.